The minimum absolute atomic E-state index is 0.0199. The largest absolute Gasteiger partial charge is 0.354 e. The highest BCUT2D eigenvalue weighted by molar-refractivity contribution is 7.92. The summed E-state index contributed by atoms with van der Waals surface area (Å²) in [5.41, 5.74) is 0.843. The van der Waals surface area contributed by atoms with Gasteiger partial charge in [0.1, 0.15) is 11.9 Å². The van der Waals surface area contributed by atoms with E-state index < -0.39 is 21.9 Å². The van der Waals surface area contributed by atoms with Gasteiger partial charge in [-0.25, -0.2) is 12.8 Å². The lowest BCUT2D eigenvalue weighted by Crippen LogP contribution is -2.49. The lowest BCUT2D eigenvalue weighted by molar-refractivity contribution is -0.141. The van der Waals surface area contributed by atoms with Crippen molar-refractivity contribution in [1.82, 2.24) is 10.2 Å². The molecule has 7 nitrogen and oxygen atoms in total. The predicted octanol–water partition coefficient (Wildman–Crippen LogP) is 4.10. The molecule has 2 aromatic rings. The van der Waals surface area contributed by atoms with E-state index in [9.17, 15) is 22.4 Å². The Labute approximate surface area is 208 Å². The number of carbonyl (C=O) groups is 2. The van der Waals surface area contributed by atoms with Gasteiger partial charge in [0.25, 0.3) is 0 Å². The molecule has 0 aliphatic heterocycles. The van der Waals surface area contributed by atoms with Gasteiger partial charge in [-0.05, 0) is 37.0 Å². The molecule has 1 N–H and O–H groups in total. The van der Waals surface area contributed by atoms with E-state index in [4.69, 9.17) is 0 Å². The molecule has 0 aliphatic rings. The van der Waals surface area contributed by atoms with Gasteiger partial charge in [-0.3, -0.25) is 13.9 Å². The zero-order valence-corrected chi connectivity index (χ0v) is 21.6. The van der Waals surface area contributed by atoms with Gasteiger partial charge in [-0.1, -0.05) is 62.7 Å². The van der Waals surface area contributed by atoms with Gasteiger partial charge < -0.3 is 10.2 Å². The average molecular weight is 506 g/mol. The fourth-order valence-electron chi connectivity index (χ4n) is 3.84. The Bertz CT molecular complexity index is 1060. The van der Waals surface area contributed by atoms with E-state index in [-0.39, 0.29) is 43.4 Å². The van der Waals surface area contributed by atoms with E-state index in [2.05, 4.69) is 5.32 Å². The van der Waals surface area contributed by atoms with E-state index in [0.29, 0.717) is 13.0 Å². The maximum atomic E-state index is 14.3. The zero-order valence-electron chi connectivity index (χ0n) is 20.7. The number of para-hydroxylation sites is 1. The summed E-state index contributed by atoms with van der Waals surface area (Å²) in [5.74, 6) is -1.10. The van der Waals surface area contributed by atoms with E-state index in [0.717, 1.165) is 29.0 Å². The van der Waals surface area contributed by atoms with Crippen molar-refractivity contribution in [3.05, 3.63) is 66.0 Å². The normalized spacial score (nSPS) is 12.1. The number of hydrogen-bond acceptors (Lipinski definition) is 4. The minimum atomic E-state index is -3.75. The van der Waals surface area contributed by atoms with Gasteiger partial charge in [0, 0.05) is 26.1 Å². The topological polar surface area (TPSA) is 86.8 Å². The molecule has 1 atom stereocenters. The maximum Gasteiger partial charge on any atom is 0.242 e. The second-order valence-electron chi connectivity index (χ2n) is 8.47. The van der Waals surface area contributed by atoms with Gasteiger partial charge in [0.05, 0.1) is 11.9 Å². The van der Waals surface area contributed by atoms with Crippen LogP contribution in [0.1, 0.15) is 51.5 Å². The van der Waals surface area contributed by atoms with Gasteiger partial charge in [0.15, 0.2) is 0 Å². The molecule has 0 saturated carbocycles. The van der Waals surface area contributed by atoms with Crippen molar-refractivity contribution in [3.8, 4) is 0 Å². The molecule has 192 valence electrons. The van der Waals surface area contributed by atoms with E-state index in [1.165, 1.54) is 18.2 Å². The first-order valence-electron chi connectivity index (χ1n) is 12.0. The Balaban J connectivity index is 2.17. The van der Waals surface area contributed by atoms with Crippen LogP contribution < -0.4 is 9.62 Å². The Morgan fingerprint density at radius 1 is 1.00 bits per heavy atom. The first-order chi connectivity index (χ1) is 16.7. The molecule has 2 amide bonds. The highest BCUT2D eigenvalue weighted by Crippen LogP contribution is 2.22. The molecule has 0 fully saturated rings. The first kappa shape index (κ1) is 28.3. The summed E-state index contributed by atoms with van der Waals surface area (Å²) in [5, 5.41) is 2.92. The monoisotopic (exact) mass is 505 g/mol. The van der Waals surface area contributed by atoms with E-state index >= 15 is 0 Å². The molecule has 0 radical (unpaired) electrons. The van der Waals surface area contributed by atoms with Crippen LogP contribution in [0.3, 0.4) is 0 Å². The summed E-state index contributed by atoms with van der Waals surface area (Å²) in [6.45, 7) is 4.66. The summed E-state index contributed by atoms with van der Waals surface area (Å²) in [6, 6.07) is 14.4. The average Bonchev–Trinajstić information content (AvgIpc) is 2.82. The number of halogens is 1. The van der Waals surface area contributed by atoms with Gasteiger partial charge >= 0.3 is 0 Å². The number of nitrogens with one attached hydrogen (secondary N) is 1. The van der Waals surface area contributed by atoms with Crippen LogP contribution in [0, 0.1) is 5.82 Å². The molecular formula is C26H36FN3O4S. The SMILES string of the molecule is CCCCNC(=O)C(CC)N(Cc1ccccc1)C(=O)CCCN(c1ccccc1F)S(C)(=O)=O. The van der Waals surface area contributed by atoms with Crippen LogP contribution in [0.15, 0.2) is 54.6 Å². The third-order valence-corrected chi connectivity index (χ3v) is 6.86. The molecule has 0 spiro atoms. The minimum Gasteiger partial charge on any atom is -0.354 e. The number of rotatable bonds is 14. The number of hydrogen-bond donors (Lipinski definition) is 1. The number of unbranched alkanes of at least 4 members (excludes halogenated alkanes) is 1. The van der Waals surface area contributed by atoms with Crippen LogP contribution in [0.2, 0.25) is 0 Å². The summed E-state index contributed by atoms with van der Waals surface area (Å²) in [6.07, 6.45) is 3.46. The lowest BCUT2D eigenvalue weighted by Gasteiger charge is -2.31. The van der Waals surface area contributed by atoms with Gasteiger partial charge in [-0.2, -0.15) is 0 Å². The van der Waals surface area contributed by atoms with Crippen molar-refractivity contribution in [2.75, 3.05) is 23.7 Å². The van der Waals surface area contributed by atoms with Crippen molar-refractivity contribution < 1.29 is 22.4 Å². The third kappa shape index (κ3) is 8.65. The van der Waals surface area contributed by atoms with Gasteiger partial charge in [-0.15, -0.1) is 0 Å². The Hall–Kier alpha value is -2.94. The van der Waals surface area contributed by atoms with Crippen LogP contribution in [-0.4, -0.2) is 50.5 Å². The molecule has 0 heterocycles. The number of amides is 2. The van der Waals surface area contributed by atoms with Crippen LogP contribution >= 0.6 is 0 Å². The molecule has 2 aromatic carbocycles. The smallest absolute Gasteiger partial charge is 0.242 e. The summed E-state index contributed by atoms with van der Waals surface area (Å²) in [4.78, 5) is 27.8. The number of sulfonamides is 1. The van der Waals surface area contributed by atoms with Crippen LogP contribution in [0.4, 0.5) is 10.1 Å². The molecule has 35 heavy (non-hydrogen) atoms. The Morgan fingerprint density at radius 2 is 1.66 bits per heavy atom. The zero-order chi connectivity index (χ0) is 25.8. The second-order valence-corrected chi connectivity index (χ2v) is 10.4. The summed E-state index contributed by atoms with van der Waals surface area (Å²) < 4.78 is 39.9. The van der Waals surface area contributed by atoms with E-state index in [1.54, 1.807) is 11.0 Å². The quantitative estimate of drug-likeness (QED) is 0.392. The third-order valence-electron chi connectivity index (χ3n) is 5.68. The van der Waals surface area contributed by atoms with Crippen molar-refractivity contribution in [2.45, 2.75) is 58.5 Å². The van der Waals surface area contributed by atoms with Crippen molar-refractivity contribution in [2.24, 2.45) is 0 Å². The lowest BCUT2D eigenvalue weighted by atomic mass is 10.1. The summed E-state index contributed by atoms with van der Waals surface area (Å²) >= 11 is 0. The predicted molar refractivity (Wildman–Crippen MR) is 137 cm³/mol. The Morgan fingerprint density at radius 3 is 2.26 bits per heavy atom. The van der Waals surface area contributed by atoms with E-state index in [1.807, 2.05) is 44.2 Å². The molecule has 2 rings (SSSR count). The molecule has 0 saturated heterocycles. The van der Waals surface area contributed by atoms with Crippen LogP contribution in [-0.2, 0) is 26.2 Å². The number of nitrogens with zero attached hydrogens (tertiary/aromatic N) is 2. The van der Waals surface area contributed by atoms with Crippen molar-refractivity contribution in [1.29, 1.82) is 0 Å². The molecule has 0 aliphatic carbocycles. The molecular weight excluding hydrogens is 469 g/mol. The fraction of sp³-hybridized carbons (Fsp3) is 0.462. The number of anilines is 1. The molecule has 9 heteroatoms. The second kappa shape index (κ2) is 13.8. The maximum absolute atomic E-state index is 14.3. The van der Waals surface area contributed by atoms with Crippen LogP contribution in [0.5, 0.6) is 0 Å². The molecule has 0 aromatic heterocycles. The van der Waals surface area contributed by atoms with Crippen molar-refractivity contribution in [3.63, 3.8) is 0 Å². The first-order valence-corrected chi connectivity index (χ1v) is 13.9. The molecule has 1 unspecified atom stereocenters. The highest BCUT2D eigenvalue weighted by atomic mass is 32.2. The van der Waals surface area contributed by atoms with Crippen molar-refractivity contribution >= 4 is 27.5 Å². The standard InChI is InChI=1S/C26H36FN3O4S/c1-4-6-18-28-26(32)23(5-2)29(20-21-13-8-7-9-14-21)25(31)17-12-19-30(35(3,33)34)24-16-11-10-15-22(24)27/h7-11,13-16,23H,4-6,12,17-20H2,1-3H3,(H,28,32). The summed E-state index contributed by atoms with van der Waals surface area (Å²) in [7, 11) is -3.75. The molecule has 0 bridgehead atoms. The fourth-order valence-corrected chi connectivity index (χ4v) is 4.81. The highest BCUT2D eigenvalue weighted by Gasteiger charge is 2.29. The number of carbonyl (C=O) groups excluding carboxylic acids is 2. The van der Waals surface area contributed by atoms with Crippen LogP contribution in [0.25, 0.3) is 0 Å². The number of benzene rings is 2. The van der Waals surface area contributed by atoms with Gasteiger partial charge in [0.2, 0.25) is 21.8 Å². The Kier molecular flexibility index (Phi) is 11.2.